The molecule has 2 aromatic rings. The fourth-order valence-electron chi connectivity index (χ4n) is 1.76. The summed E-state index contributed by atoms with van der Waals surface area (Å²) in [6.07, 6.45) is 0.856. The molecule has 0 aliphatic rings. The molecule has 1 aromatic heterocycles. The normalized spacial score (nSPS) is 10.6. The van der Waals surface area contributed by atoms with Crippen LogP contribution in [0.25, 0.3) is 10.9 Å². The van der Waals surface area contributed by atoms with Gasteiger partial charge in [-0.15, -0.1) is 0 Å². The monoisotopic (exact) mass is 218 g/mol. The highest BCUT2D eigenvalue weighted by molar-refractivity contribution is 5.83. The zero-order chi connectivity index (χ0) is 11.5. The summed E-state index contributed by atoms with van der Waals surface area (Å²) < 4.78 is 6.34. The van der Waals surface area contributed by atoms with Crippen LogP contribution in [-0.2, 0) is 22.5 Å². The van der Waals surface area contributed by atoms with E-state index in [0.717, 1.165) is 23.0 Å². The Balaban J connectivity index is 2.49. The number of esters is 1. The molecule has 0 saturated heterocycles. The molecule has 84 valence electrons. The predicted octanol–water partition coefficient (Wildman–Crippen LogP) is 1.77. The molecule has 4 heteroatoms. The number of para-hydroxylation sites is 1. The van der Waals surface area contributed by atoms with Gasteiger partial charge >= 0.3 is 5.97 Å². The van der Waals surface area contributed by atoms with Crippen LogP contribution in [0.5, 0.6) is 0 Å². The van der Waals surface area contributed by atoms with Crippen molar-refractivity contribution < 1.29 is 9.53 Å². The van der Waals surface area contributed by atoms with Crippen molar-refractivity contribution in [2.45, 2.75) is 19.9 Å². The molecule has 1 aromatic carbocycles. The minimum Gasteiger partial charge on any atom is -0.468 e. The summed E-state index contributed by atoms with van der Waals surface area (Å²) in [6, 6.07) is 7.91. The average molecular weight is 218 g/mol. The van der Waals surface area contributed by atoms with Gasteiger partial charge in [-0.3, -0.25) is 9.48 Å². The number of methoxy groups -OCH3 is 1. The van der Waals surface area contributed by atoms with Crippen molar-refractivity contribution in [3.8, 4) is 0 Å². The van der Waals surface area contributed by atoms with E-state index in [1.165, 1.54) is 7.11 Å². The highest BCUT2D eigenvalue weighted by atomic mass is 16.5. The summed E-state index contributed by atoms with van der Waals surface area (Å²) in [7, 11) is 1.38. The van der Waals surface area contributed by atoms with Gasteiger partial charge < -0.3 is 4.74 Å². The van der Waals surface area contributed by atoms with Crippen LogP contribution in [0.1, 0.15) is 12.6 Å². The lowest BCUT2D eigenvalue weighted by molar-refractivity contribution is -0.141. The van der Waals surface area contributed by atoms with E-state index in [1.807, 2.05) is 24.3 Å². The largest absolute Gasteiger partial charge is 0.468 e. The first-order chi connectivity index (χ1) is 7.76. The molecule has 0 atom stereocenters. The number of hydrogen-bond donors (Lipinski definition) is 0. The molecule has 0 amide bonds. The molecule has 0 unspecified atom stereocenters. The first-order valence-electron chi connectivity index (χ1n) is 5.27. The zero-order valence-corrected chi connectivity index (χ0v) is 9.43. The molecule has 0 bridgehead atoms. The van der Waals surface area contributed by atoms with Crippen molar-refractivity contribution >= 4 is 16.9 Å². The maximum atomic E-state index is 11.2. The van der Waals surface area contributed by atoms with E-state index in [1.54, 1.807) is 4.68 Å². The molecule has 16 heavy (non-hydrogen) atoms. The molecule has 1 heterocycles. The Hall–Kier alpha value is -1.84. The third-order valence-corrected chi connectivity index (χ3v) is 2.58. The number of fused-ring (bicyclic) bond motifs is 1. The fourth-order valence-corrected chi connectivity index (χ4v) is 1.76. The van der Waals surface area contributed by atoms with Gasteiger partial charge in [0.2, 0.25) is 0 Å². The van der Waals surface area contributed by atoms with E-state index < -0.39 is 0 Å². The number of rotatable bonds is 3. The number of hydrogen-bond acceptors (Lipinski definition) is 3. The molecule has 0 aliphatic carbocycles. The van der Waals surface area contributed by atoms with E-state index in [4.69, 9.17) is 0 Å². The molecule has 4 nitrogen and oxygen atoms in total. The van der Waals surface area contributed by atoms with Crippen molar-refractivity contribution in [2.75, 3.05) is 7.11 Å². The standard InChI is InChI=1S/C12H14N2O2/c1-3-10-9-6-4-5-7-11(9)14(13-10)8-12(15)16-2/h4-7H,3,8H2,1-2H3. The van der Waals surface area contributed by atoms with E-state index in [-0.39, 0.29) is 12.5 Å². The molecular formula is C12H14N2O2. The second-order valence-electron chi connectivity index (χ2n) is 3.55. The van der Waals surface area contributed by atoms with Gasteiger partial charge in [-0.25, -0.2) is 0 Å². The van der Waals surface area contributed by atoms with E-state index in [0.29, 0.717) is 0 Å². The first kappa shape index (κ1) is 10.7. The van der Waals surface area contributed by atoms with Gasteiger partial charge in [0.15, 0.2) is 0 Å². The number of ether oxygens (including phenoxy) is 1. The summed E-state index contributed by atoms with van der Waals surface area (Å²) in [5.41, 5.74) is 1.99. The van der Waals surface area contributed by atoms with E-state index >= 15 is 0 Å². The van der Waals surface area contributed by atoms with Gasteiger partial charge in [-0.2, -0.15) is 5.10 Å². The molecule has 0 fully saturated rings. The van der Waals surface area contributed by atoms with Gasteiger partial charge in [0.05, 0.1) is 18.3 Å². The van der Waals surface area contributed by atoms with E-state index in [9.17, 15) is 4.79 Å². The second kappa shape index (κ2) is 4.35. The third-order valence-electron chi connectivity index (χ3n) is 2.58. The number of aromatic nitrogens is 2. The summed E-state index contributed by atoms with van der Waals surface area (Å²) >= 11 is 0. The lowest BCUT2D eigenvalue weighted by atomic mass is 10.2. The number of carbonyl (C=O) groups is 1. The summed E-state index contributed by atoms with van der Waals surface area (Å²) in [6.45, 7) is 2.22. The lowest BCUT2D eigenvalue weighted by Crippen LogP contribution is -2.12. The van der Waals surface area contributed by atoms with Gasteiger partial charge in [-0.05, 0) is 12.5 Å². The molecule has 0 aliphatic heterocycles. The van der Waals surface area contributed by atoms with Crippen LogP contribution in [0.4, 0.5) is 0 Å². The van der Waals surface area contributed by atoms with Gasteiger partial charge in [0.1, 0.15) is 6.54 Å². The molecule has 0 saturated carbocycles. The average Bonchev–Trinajstić information content (AvgIpc) is 2.68. The minimum atomic E-state index is -0.282. The number of nitrogens with zero attached hydrogens (tertiary/aromatic N) is 2. The van der Waals surface area contributed by atoms with Crippen LogP contribution in [0.2, 0.25) is 0 Å². The van der Waals surface area contributed by atoms with Crippen LogP contribution >= 0.6 is 0 Å². The molecular weight excluding hydrogens is 204 g/mol. The third kappa shape index (κ3) is 1.78. The Labute approximate surface area is 93.8 Å². The second-order valence-corrected chi connectivity index (χ2v) is 3.55. The van der Waals surface area contributed by atoms with E-state index in [2.05, 4.69) is 16.8 Å². The zero-order valence-electron chi connectivity index (χ0n) is 9.43. The highest BCUT2D eigenvalue weighted by Gasteiger charge is 2.11. The van der Waals surface area contributed by atoms with Crippen molar-refractivity contribution in [1.82, 2.24) is 9.78 Å². The Morgan fingerprint density at radius 2 is 2.19 bits per heavy atom. The highest BCUT2D eigenvalue weighted by Crippen LogP contribution is 2.18. The molecule has 2 rings (SSSR count). The quantitative estimate of drug-likeness (QED) is 0.737. The van der Waals surface area contributed by atoms with Crippen LogP contribution in [0, 0.1) is 0 Å². The number of benzene rings is 1. The number of carbonyl (C=O) groups excluding carboxylic acids is 1. The fraction of sp³-hybridized carbons (Fsp3) is 0.333. The van der Waals surface area contributed by atoms with Crippen molar-refractivity contribution in [1.29, 1.82) is 0 Å². The Morgan fingerprint density at radius 1 is 1.44 bits per heavy atom. The molecule has 0 spiro atoms. The summed E-state index contributed by atoms with van der Waals surface area (Å²) in [4.78, 5) is 11.2. The first-order valence-corrected chi connectivity index (χ1v) is 5.27. The smallest absolute Gasteiger partial charge is 0.327 e. The van der Waals surface area contributed by atoms with Gasteiger partial charge in [0.25, 0.3) is 0 Å². The predicted molar refractivity (Wildman–Crippen MR) is 61.1 cm³/mol. The molecule has 0 N–H and O–H groups in total. The minimum absolute atomic E-state index is 0.164. The Bertz CT molecular complexity index is 517. The van der Waals surface area contributed by atoms with Crippen molar-refractivity contribution in [3.05, 3.63) is 30.0 Å². The van der Waals surface area contributed by atoms with Crippen LogP contribution < -0.4 is 0 Å². The lowest BCUT2D eigenvalue weighted by Gasteiger charge is -2.00. The SMILES string of the molecule is CCc1nn(CC(=O)OC)c2ccccc12. The van der Waals surface area contributed by atoms with Crippen LogP contribution in [0.15, 0.2) is 24.3 Å². The van der Waals surface area contributed by atoms with Crippen molar-refractivity contribution in [2.24, 2.45) is 0 Å². The number of aryl methyl sites for hydroxylation is 1. The maximum Gasteiger partial charge on any atom is 0.327 e. The van der Waals surface area contributed by atoms with Crippen LogP contribution in [-0.4, -0.2) is 22.9 Å². The summed E-state index contributed by atoms with van der Waals surface area (Å²) in [5.74, 6) is -0.282. The van der Waals surface area contributed by atoms with Gasteiger partial charge in [0, 0.05) is 5.39 Å². The van der Waals surface area contributed by atoms with Gasteiger partial charge in [-0.1, -0.05) is 25.1 Å². The molecule has 0 radical (unpaired) electrons. The topological polar surface area (TPSA) is 44.1 Å². The summed E-state index contributed by atoms with van der Waals surface area (Å²) in [5, 5.41) is 5.52. The Kier molecular flexibility index (Phi) is 2.90. The van der Waals surface area contributed by atoms with Crippen molar-refractivity contribution in [3.63, 3.8) is 0 Å². The Morgan fingerprint density at radius 3 is 2.88 bits per heavy atom. The maximum absolute atomic E-state index is 11.2. The van der Waals surface area contributed by atoms with Crippen LogP contribution in [0.3, 0.4) is 0 Å².